The molecular formula is C15H11NO4. The van der Waals surface area contributed by atoms with E-state index in [0.29, 0.717) is 16.9 Å². The third-order valence-corrected chi connectivity index (χ3v) is 2.77. The molecule has 1 aromatic carbocycles. The van der Waals surface area contributed by atoms with Crippen molar-refractivity contribution in [2.75, 3.05) is 7.11 Å². The molecule has 0 saturated carbocycles. The lowest BCUT2D eigenvalue weighted by atomic mass is 10.0. The first-order chi connectivity index (χ1) is 9.65. The van der Waals surface area contributed by atoms with Crippen LogP contribution in [0, 0.1) is 11.3 Å². The maximum absolute atomic E-state index is 11.8. The maximum atomic E-state index is 11.8. The second-order valence-electron chi connectivity index (χ2n) is 4.03. The summed E-state index contributed by atoms with van der Waals surface area (Å²) in [4.78, 5) is 23.1. The van der Waals surface area contributed by atoms with Gasteiger partial charge in [-0.15, -0.1) is 0 Å². The summed E-state index contributed by atoms with van der Waals surface area (Å²) >= 11 is 0. The quantitative estimate of drug-likeness (QED) is 0.795. The molecule has 0 N–H and O–H groups in total. The van der Waals surface area contributed by atoms with Crippen LogP contribution in [0.15, 0.2) is 45.6 Å². The molecule has 1 heterocycles. The Morgan fingerprint density at radius 1 is 1.35 bits per heavy atom. The van der Waals surface area contributed by atoms with E-state index in [0.717, 1.165) is 0 Å². The van der Waals surface area contributed by atoms with Crippen molar-refractivity contribution >= 4 is 5.97 Å². The highest BCUT2D eigenvalue weighted by atomic mass is 16.5. The number of hydrogen-bond acceptors (Lipinski definition) is 5. The van der Waals surface area contributed by atoms with Crippen LogP contribution in [0.25, 0.3) is 11.3 Å². The Bertz CT molecular complexity index is 726. The van der Waals surface area contributed by atoms with Crippen LogP contribution in [-0.4, -0.2) is 13.1 Å². The van der Waals surface area contributed by atoms with E-state index in [1.54, 1.807) is 30.3 Å². The lowest BCUT2D eigenvalue weighted by molar-refractivity contribution is -0.139. The van der Waals surface area contributed by atoms with Gasteiger partial charge in [-0.2, -0.15) is 5.26 Å². The molecular weight excluding hydrogens is 258 g/mol. The molecule has 0 spiro atoms. The number of carbonyl (C=O) groups excluding carboxylic acids is 1. The number of rotatable bonds is 3. The zero-order chi connectivity index (χ0) is 14.5. The molecule has 1 aromatic heterocycles. The number of nitrogens with zero attached hydrogens (tertiary/aromatic N) is 1. The van der Waals surface area contributed by atoms with E-state index < -0.39 is 11.6 Å². The van der Waals surface area contributed by atoms with Gasteiger partial charge in [-0.1, -0.05) is 30.3 Å². The van der Waals surface area contributed by atoms with Crippen LogP contribution >= 0.6 is 0 Å². The molecule has 0 radical (unpaired) electrons. The SMILES string of the molecule is COC(=O)Cc1cc(-c2ccccc2)oc(=O)c1C#N. The summed E-state index contributed by atoms with van der Waals surface area (Å²) in [6.45, 7) is 0. The Balaban J connectivity index is 2.55. The highest BCUT2D eigenvalue weighted by Crippen LogP contribution is 2.20. The summed E-state index contributed by atoms with van der Waals surface area (Å²) in [5.74, 6) is -0.209. The topological polar surface area (TPSA) is 80.3 Å². The number of methoxy groups -OCH3 is 1. The molecule has 2 aromatic rings. The summed E-state index contributed by atoms with van der Waals surface area (Å²) in [5, 5.41) is 8.98. The van der Waals surface area contributed by atoms with E-state index in [1.807, 2.05) is 6.07 Å². The van der Waals surface area contributed by atoms with Gasteiger partial charge in [-0.3, -0.25) is 4.79 Å². The molecule has 0 saturated heterocycles. The van der Waals surface area contributed by atoms with Crippen LogP contribution < -0.4 is 5.63 Å². The molecule has 20 heavy (non-hydrogen) atoms. The number of nitriles is 1. The minimum absolute atomic E-state index is 0.148. The molecule has 0 aliphatic carbocycles. The molecule has 5 nitrogen and oxygen atoms in total. The predicted octanol–water partition coefficient (Wildman–Crippen LogP) is 1.89. The lowest BCUT2D eigenvalue weighted by Gasteiger charge is -2.05. The van der Waals surface area contributed by atoms with Crippen molar-refractivity contribution in [2.24, 2.45) is 0 Å². The number of carbonyl (C=O) groups is 1. The molecule has 0 amide bonds. The smallest absolute Gasteiger partial charge is 0.354 e. The molecule has 0 atom stereocenters. The van der Waals surface area contributed by atoms with Gasteiger partial charge in [0.1, 0.15) is 17.4 Å². The highest BCUT2D eigenvalue weighted by Gasteiger charge is 2.15. The fourth-order valence-electron chi connectivity index (χ4n) is 1.77. The summed E-state index contributed by atoms with van der Waals surface area (Å²) in [5.41, 5.74) is 0.0671. The van der Waals surface area contributed by atoms with E-state index in [9.17, 15) is 9.59 Å². The fraction of sp³-hybridized carbons (Fsp3) is 0.133. The monoisotopic (exact) mass is 269 g/mol. The molecule has 100 valence electrons. The predicted molar refractivity (Wildman–Crippen MR) is 70.8 cm³/mol. The standard InChI is InChI=1S/C15H11NO4/c1-19-14(17)8-11-7-13(10-5-3-2-4-6-10)20-15(18)12(11)9-16/h2-7H,8H2,1H3. The van der Waals surface area contributed by atoms with Crippen molar-refractivity contribution in [1.82, 2.24) is 0 Å². The zero-order valence-electron chi connectivity index (χ0n) is 10.8. The van der Waals surface area contributed by atoms with Crippen LogP contribution in [0.3, 0.4) is 0 Å². The molecule has 0 aliphatic heterocycles. The Labute approximate surface area is 115 Å². The van der Waals surface area contributed by atoms with E-state index in [4.69, 9.17) is 9.68 Å². The Hall–Kier alpha value is -2.87. The zero-order valence-corrected chi connectivity index (χ0v) is 10.8. The first kappa shape index (κ1) is 13.6. The molecule has 0 unspecified atom stereocenters. The largest absolute Gasteiger partial charge is 0.469 e. The van der Waals surface area contributed by atoms with Crippen molar-refractivity contribution in [3.63, 3.8) is 0 Å². The molecule has 0 bridgehead atoms. The summed E-state index contributed by atoms with van der Waals surface area (Å²) in [6, 6.07) is 12.3. The molecule has 0 fully saturated rings. The van der Waals surface area contributed by atoms with Crippen LogP contribution in [0.5, 0.6) is 0 Å². The van der Waals surface area contributed by atoms with Crippen LogP contribution in [0.1, 0.15) is 11.1 Å². The van der Waals surface area contributed by atoms with Crippen LogP contribution in [0.4, 0.5) is 0 Å². The normalized spacial score (nSPS) is 9.80. The van der Waals surface area contributed by atoms with E-state index in [-0.39, 0.29) is 12.0 Å². The average Bonchev–Trinajstić information content (AvgIpc) is 2.47. The summed E-state index contributed by atoms with van der Waals surface area (Å²) in [7, 11) is 1.25. The van der Waals surface area contributed by atoms with Gasteiger partial charge in [0.05, 0.1) is 13.5 Å². The number of esters is 1. The third kappa shape index (κ3) is 2.75. The van der Waals surface area contributed by atoms with Crippen molar-refractivity contribution in [3.05, 3.63) is 57.9 Å². The average molecular weight is 269 g/mol. The number of hydrogen-bond donors (Lipinski definition) is 0. The maximum Gasteiger partial charge on any atom is 0.354 e. The van der Waals surface area contributed by atoms with Crippen LogP contribution in [0.2, 0.25) is 0 Å². The minimum atomic E-state index is -0.757. The second-order valence-corrected chi connectivity index (χ2v) is 4.03. The van der Waals surface area contributed by atoms with Gasteiger partial charge in [0.2, 0.25) is 0 Å². The molecule has 2 rings (SSSR count). The fourth-order valence-corrected chi connectivity index (χ4v) is 1.77. The number of ether oxygens (including phenoxy) is 1. The second kappa shape index (κ2) is 5.85. The van der Waals surface area contributed by atoms with Gasteiger partial charge in [-0.05, 0) is 11.6 Å². The summed E-state index contributed by atoms with van der Waals surface area (Å²) < 4.78 is 9.67. The van der Waals surface area contributed by atoms with Gasteiger partial charge in [0.15, 0.2) is 0 Å². The van der Waals surface area contributed by atoms with E-state index in [1.165, 1.54) is 13.2 Å². The number of benzene rings is 1. The lowest BCUT2D eigenvalue weighted by Crippen LogP contribution is -2.13. The van der Waals surface area contributed by atoms with Crippen molar-refractivity contribution in [1.29, 1.82) is 5.26 Å². The van der Waals surface area contributed by atoms with Gasteiger partial charge >= 0.3 is 11.6 Å². The Morgan fingerprint density at radius 3 is 2.65 bits per heavy atom. The Morgan fingerprint density at radius 2 is 2.05 bits per heavy atom. The van der Waals surface area contributed by atoms with Crippen molar-refractivity contribution in [3.8, 4) is 17.4 Å². The van der Waals surface area contributed by atoms with Crippen molar-refractivity contribution in [2.45, 2.75) is 6.42 Å². The molecule has 5 heteroatoms. The third-order valence-electron chi connectivity index (χ3n) is 2.77. The van der Waals surface area contributed by atoms with E-state index in [2.05, 4.69) is 4.74 Å². The highest BCUT2D eigenvalue weighted by molar-refractivity contribution is 5.74. The van der Waals surface area contributed by atoms with Crippen LogP contribution in [-0.2, 0) is 16.0 Å². The Kier molecular flexibility index (Phi) is 3.96. The first-order valence-corrected chi connectivity index (χ1v) is 5.85. The minimum Gasteiger partial charge on any atom is -0.469 e. The van der Waals surface area contributed by atoms with Crippen molar-refractivity contribution < 1.29 is 13.9 Å². The van der Waals surface area contributed by atoms with Gasteiger partial charge < -0.3 is 9.15 Å². The first-order valence-electron chi connectivity index (χ1n) is 5.85. The van der Waals surface area contributed by atoms with Gasteiger partial charge in [-0.25, -0.2) is 4.79 Å². The molecule has 0 aliphatic rings. The summed E-state index contributed by atoms with van der Waals surface area (Å²) in [6.07, 6.45) is -0.148. The van der Waals surface area contributed by atoms with E-state index >= 15 is 0 Å². The van der Waals surface area contributed by atoms with Gasteiger partial charge in [0.25, 0.3) is 0 Å². The van der Waals surface area contributed by atoms with Gasteiger partial charge in [0, 0.05) is 5.56 Å².